The molecule has 0 saturated carbocycles. The van der Waals surface area contributed by atoms with Crippen LogP contribution in [-0.4, -0.2) is 12.6 Å². The smallest absolute Gasteiger partial charge is 0.126 e. The zero-order valence-electron chi connectivity index (χ0n) is 9.16. The van der Waals surface area contributed by atoms with Crippen molar-refractivity contribution in [1.29, 1.82) is 0 Å². The van der Waals surface area contributed by atoms with E-state index < -0.39 is 0 Å². The Bertz CT molecular complexity index is 389. The average molecular weight is 221 g/mol. The monoisotopic (exact) mass is 221 g/mol. The lowest BCUT2D eigenvalue weighted by Crippen LogP contribution is -2.27. The van der Waals surface area contributed by atoms with Crippen LogP contribution in [0.3, 0.4) is 0 Å². The van der Waals surface area contributed by atoms with Gasteiger partial charge in [0.15, 0.2) is 0 Å². The maximum atomic E-state index is 13.4. The second kappa shape index (κ2) is 5.12. The summed E-state index contributed by atoms with van der Waals surface area (Å²) in [4.78, 5) is 0. The van der Waals surface area contributed by atoms with Crippen molar-refractivity contribution in [2.24, 2.45) is 5.73 Å². The van der Waals surface area contributed by atoms with Gasteiger partial charge in [0.1, 0.15) is 5.82 Å². The Kier molecular flexibility index (Phi) is 3.57. The van der Waals surface area contributed by atoms with Crippen LogP contribution < -0.4 is 5.73 Å². The Balaban J connectivity index is 2.04. The van der Waals surface area contributed by atoms with E-state index >= 15 is 0 Å². The molecule has 0 spiro atoms. The van der Waals surface area contributed by atoms with Crippen LogP contribution in [0.2, 0.25) is 0 Å². The first-order valence-corrected chi connectivity index (χ1v) is 5.57. The Morgan fingerprint density at radius 1 is 1.38 bits per heavy atom. The van der Waals surface area contributed by atoms with Crippen molar-refractivity contribution >= 4 is 0 Å². The number of rotatable bonds is 3. The quantitative estimate of drug-likeness (QED) is 0.850. The van der Waals surface area contributed by atoms with E-state index in [9.17, 15) is 4.39 Å². The number of halogens is 1. The van der Waals surface area contributed by atoms with Gasteiger partial charge in [0.25, 0.3) is 0 Å². The van der Waals surface area contributed by atoms with Gasteiger partial charge in [0, 0.05) is 6.04 Å². The number of hydrogen-bond acceptors (Lipinski definition) is 2. The van der Waals surface area contributed by atoms with Crippen LogP contribution in [0.5, 0.6) is 0 Å². The van der Waals surface area contributed by atoms with E-state index in [0.717, 1.165) is 25.0 Å². The molecule has 0 aromatic heterocycles. The first-order chi connectivity index (χ1) is 7.77. The summed E-state index contributed by atoms with van der Waals surface area (Å²) in [6.07, 6.45) is 4.21. The van der Waals surface area contributed by atoms with Gasteiger partial charge < -0.3 is 10.5 Å². The number of nitrogens with two attached hydrogens (primary N) is 1. The molecule has 1 aliphatic rings. The van der Waals surface area contributed by atoms with E-state index in [-0.39, 0.29) is 11.9 Å². The van der Waals surface area contributed by atoms with Gasteiger partial charge in [-0.1, -0.05) is 18.2 Å². The lowest BCUT2D eigenvalue weighted by Gasteiger charge is -2.19. The SMILES string of the molecule is NC(Cc1ccccc1F)C1=COCCC1. The Labute approximate surface area is 94.9 Å². The van der Waals surface area contributed by atoms with Crippen LogP contribution in [-0.2, 0) is 11.2 Å². The van der Waals surface area contributed by atoms with Crippen molar-refractivity contribution in [3.8, 4) is 0 Å². The minimum atomic E-state index is -0.185. The minimum Gasteiger partial charge on any atom is -0.501 e. The third kappa shape index (κ3) is 2.61. The third-order valence-corrected chi connectivity index (χ3v) is 2.84. The first-order valence-electron chi connectivity index (χ1n) is 5.57. The van der Waals surface area contributed by atoms with E-state index in [2.05, 4.69) is 0 Å². The molecule has 86 valence electrons. The van der Waals surface area contributed by atoms with Crippen molar-refractivity contribution in [1.82, 2.24) is 0 Å². The highest BCUT2D eigenvalue weighted by Gasteiger charge is 2.15. The van der Waals surface area contributed by atoms with Gasteiger partial charge in [0.2, 0.25) is 0 Å². The Hall–Kier alpha value is -1.35. The van der Waals surface area contributed by atoms with Gasteiger partial charge in [-0.15, -0.1) is 0 Å². The van der Waals surface area contributed by atoms with E-state index in [1.54, 1.807) is 18.4 Å². The first kappa shape index (κ1) is 11.1. The average Bonchev–Trinajstić information content (AvgIpc) is 2.33. The second-order valence-electron chi connectivity index (χ2n) is 4.07. The molecule has 0 fully saturated rings. The molecule has 1 aromatic carbocycles. The van der Waals surface area contributed by atoms with Gasteiger partial charge >= 0.3 is 0 Å². The van der Waals surface area contributed by atoms with Gasteiger partial charge in [0.05, 0.1) is 12.9 Å². The van der Waals surface area contributed by atoms with E-state index in [1.807, 2.05) is 6.07 Å². The van der Waals surface area contributed by atoms with Crippen molar-refractivity contribution in [3.63, 3.8) is 0 Å². The lowest BCUT2D eigenvalue weighted by molar-refractivity contribution is 0.221. The van der Waals surface area contributed by atoms with Crippen molar-refractivity contribution in [3.05, 3.63) is 47.5 Å². The topological polar surface area (TPSA) is 35.2 Å². The Morgan fingerprint density at radius 2 is 2.19 bits per heavy atom. The van der Waals surface area contributed by atoms with E-state index in [0.29, 0.717) is 12.0 Å². The molecule has 2 nitrogen and oxygen atoms in total. The second-order valence-corrected chi connectivity index (χ2v) is 4.07. The summed E-state index contributed by atoms with van der Waals surface area (Å²) in [5.74, 6) is -0.185. The highest BCUT2D eigenvalue weighted by molar-refractivity contribution is 5.22. The molecule has 0 radical (unpaired) electrons. The largest absolute Gasteiger partial charge is 0.501 e. The van der Waals surface area contributed by atoms with Crippen LogP contribution >= 0.6 is 0 Å². The molecule has 1 aromatic rings. The number of benzene rings is 1. The summed E-state index contributed by atoms with van der Waals surface area (Å²) in [7, 11) is 0. The third-order valence-electron chi connectivity index (χ3n) is 2.84. The molecule has 1 heterocycles. The summed E-state index contributed by atoms with van der Waals surface area (Å²) >= 11 is 0. The van der Waals surface area contributed by atoms with Crippen molar-refractivity contribution in [2.45, 2.75) is 25.3 Å². The minimum absolute atomic E-state index is 0.141. The highest BCUT2D eigenvalue weighted by atomic mass is 19.1. The fourth-order valence-corrected chi connectivity index (χ4v) is 1.89. The summed E-state index contributed by atoms with van der Waals surface area (Å²) < 4.78 is 18.6. The molecule has 0 amide bonds. The van der Waals surface area contributed by atoms with Gasteiger partial charge in [-0.25, -0.2) is 4.39 Å². The summed E-state index contributed by atoms with van der Waals surface area (Å²) in [6, 6.07) is 6.62. The fourth-order valence-electron chi connectivity index (χ4n) is 1.89. The molecule has 1 atom stereocenters. The summed E-state index contributed by atoms with van der Waals surface area (Å²) in [6.45, 7) is 0.760. The highest BCUT2D eigenvalue weighted by Crippen LogP contribution is 2.18. The molecule has 16 heavy (non-hydrogen) atoms. The summed E-state index contributed by atoms with van der Waals surface area (Å²) in [5.41, 5.74) is 7.78. The number of hydrogen-bond donors (Lipinski definition) is 1. The molecule has 0 saturated heterocycles. The van der Waals surface area contributed by atoms with Crippen molar-refractivity contribution in [2.75, 3.05) is 6.61 Å². The maximum absolute atomic E-state index is 13.4. The Morgan fingerprint density at radius 3 is 2.88 bits per heavy atom. The van der Waals surface area contributed by atoms with Crippen LogP contribution in [0.4, 0.5) is 4.39 Å². The maximum Gasteiger partial charge on any atom is 0.126 e. The van der Waals surface area contributed by atoms with Gasteiger partial charge in [-0.3, -0.25) is 0 Å². The zero-order chi connectivity index (χ0) is 11.4. The molecule has 0 bridgehead atoms. The molecule has 1 aliphatic heterocycles. The fraction of sp³-hybridized carbons (Fsp3) is 0.385. The lowest BCUT2D eigenvalue weighted by atomic mass is 9.96. The standard InChI is InChI=1S/C13H16FNO/c14-12-6-2-1-4-10(12)8-13(15)11-5-3-7-16-9-11/h1-2,4,6,9,13H,3,5,7-8,15H2. The molecule has 1 unspecified atom stereocenters. The molecular weight excluding hydrogens is 205 g/mol. The number of ether oxygens (including phenoxy) is 1. The molecular formula is C13H16FNO. The predicted octanol–water partition coefficient (Wildman–Crippen LogP) is 2.39. The molecule has 2 N–H and O–H groups in total. The van der Waals surface area contributed by atoms with Crippen LogP contribution in [0.25, 0.3) is 0 Å². The van der Waals surface area contributed by atoms with Crippen molar-refractivity contribution < 1.29 is 9.13 Å². The van der Waals surface area contributed by atoms with Crippen LogP contribution in [0.1, 0.15) is 18.4 Å². The molecule has 2 rings (SSSR count). The predicted molar refractivity (Wildman–Crippen MR) is 61.3 cm³/mol. The van der Waals surface area contributed by atoms with Gasteiger partial charge in [-0.2, -0.15) is 0 Å². The normalized spacial score (nSPS) is 17.5. The van der Waals surface area contributed by atoms with E-state index in [1.165, 1.54) is 6.07 Å². The van der Waals surface area contributed by atoms with E-state index in [4.69, 9.17) is 10.5 Å². The van der Waals surface area contributed by atoms with Crippen LogP contribution in [0.15, 0.2) is 36.1 Å². The van der Waals surface area contributed by atoms with Crippen LogP contribution in [0, 0.1) is 5.82 Å². The molecule has 0 aliphatic carbocycles. The summed E-state index contributed by atoms with van der Waals surface area (Å²) in [5, 5.41) is 0. The zero-order valence-corrected chi connectivity index (χ0v) is 9.16. The van der Waals surface area contributed by atoms with Gasteiger partial charge in [-0.05, 0) is 36.5 Å². The molecule has 3 heteroatoms.